The van der Waals surface area contributed by atoms with Crippen LogP contribution >= 0.6 is 57.3 Å². The molecule has 0 radical (unpaired) electrons. The molecule has 0 spiro atoms. The van der Waals surface area contributed by atoms with E-state index < -0.39 is 21.7 Å². The minimum Gasteiger partial charge on any atom is -0.286 e. The van der Waals surface area contributed by atoms with Crippen molar-refractivity contribution in [1.29, 1.82) is 0 Å². The third kappa shape index (κ3) is 4.39. The molecule has 0 bridgehead atoms. The van der Waals surface area contributed by atoms with Crippen molar-refractivity contribution in [1.82, 2.24) is 4.90 Å². The van der Waals surface area contributed by atoms with Gasteiger partial charge >= 0.3 is 0 Å². The molecule has 1 saturated heterocycles. The van der Waals surface area contributed by atoms with Crippen molar-refractivity contribution in [3.63, 3.8) is 0 Å². The van der Waals surface area contributed by atoms with Gasteiger partial charge in [-0.1, -0.05) is 23.7 Å². The van der Waals surface area contributed by atoms with Gasteiger partial charge in [0.25, 0.3) is 15.9 Å². The van der Waals surface area contributed by atoms with E-state index in [1.807, 2.05) is 22.6 Å². The van der Waals surface area contributed by atoms with Gasteiger partial charge in [0.2, 0.25) is 0 Å². The molecule has 1 aromatic carbocycles. The number of sulfonamides is 1. The molecule has 0 unspecified atom stereocenters. The molecule has 142 valence electrons. The van der Waals surface area contributed by atoms with E-state index in [0.717, 1.165) is 23.1 Å². The molecule has 2 heterocycles. The van der Waals surface area contributed by atoms with Gasteiger partial charge in [-0.25, -0.2) is 4.39 Å². The fraction of sp³-hybridized carbons (Fsp3) is 0.125. The number of benzene rings is 1. The molecule has 0 saturated carbocycles. The van der Waals surface area contributed by atoms with Gasteiger partial charge in [-0.2, -0.15) is 8.42 Å². The topological polar surface area (TPSA) is 66.8 Å². The first-order valence-electron chi connectivity index (χ1n) is 7.48. The summed E-state index contributed by atoms with van der Waals surface area (Å²) in [4.78, 5) is 14.0. The van der Waals surface area contributed by atoms with Crippen molar-refractivity contribution in [2.45, 2.75) is 11.1 Å². The smallest absolute Gasteiger partial charge is 0.286 e. The Balaban J connectivity index is 2.00. The first kappa shape index (κ1) is 20.8. The van der Waals surface area contributed by atoms with E-state index in [9.17, 15) is 17.6 Å². The highest BCUT2D eigenvalue weighted by atomic mass is 127. The monoisotopic (exact) mass is 556 g/mol. The molecule has 27 heavy (non-hydrogen) atoms. The zero-order valence-corrected chi connectivity index (χ0v) is 19.0. The Morgan fingerprint density at radius 3 is 2.70 bits per heavy atom. The van der Waals surface area contributed by atoms with Crippen LogP contribution in [0, 0.1) is 9.39 Å². The first-order chi connectivity index (χ1) is 12.7. The molecular weight excluding hydrogens is 546 g/mol. The van der Waals surface area contributed by atoms with Crippen LogP contribution in [0.1, 0.15) is 12.5 Å². The summed E-state index contributed by atoms with van der Waals surface area (Å²) in [6.45, 7) is 1.94. The van der Waals surface area contributed by atoms with Gasteiger partial charge in [0.15, 0.2) is 5.17 Å². The third-order valence-corrected chi connectivity index (χ3v) is 8.39. The maximum atomic E-state index is 14.2. The maximum absolute atomic E-state index is 14.2. The van der Waals surface area contributed by atoms with Crippen LogP contribution in [-0.2, 0) is 14.8 Å². The lowest BCUT2D eigenvalue weighted by molar-refractivity contribution is -0.122. The maximum Gasteiger partial charge on any atom is 0.294 e. The zero-order valence-electron chi connectivity index (χ0n) is 13.6. The van der Waals surface area contributed by atoms with Crippen LogP contribution in [0.25, 0.3) is 6.08 Å². The summed E-state index contributed by atoms with van der Waals surface area (Å²) in [5.74, 6) is -0.854. The minimum atomic E-state index is -4.00. The number of thioether (sulfide) groups is 1. The average molecular weight is 557 g/mol. The number of carbonyl (C=O) groups excluding carboxylic acids is 1. The van der Waals surface area contributed by atoms with Crippen LogP contribution in [0.2, 0.25) is 4.34 Å². The molecule has 2 aromatic rings. The molecule has 1 aliphatic rings. The highest BCUT2D eigenvalue weighted by Gasteiger charge is 2.34. The van der Waals surface area contributed by atoms with E-state index in [1.54, 1.807) is 25.1 Å². The number of carbonyl (C=O) groups is 1. The van der Waals surface area contributed by atoms with Gasteiger partial charge in [-0.3, -0.25) is 9.69 Å². The van der Waals surface area contributed by atoms with Crippen LogP contribution in [0.4, 0.5) is 4.39 Å². The molecule has 1 amide bonds. The summed E-state index contributed by atoms with van der Waals surface area (Å²) >= 11 is 9.45. The van der Waals surface area contributed by atoms with Crippen molar-refractivity contribution < 1.29 is 17.6 Å². The van der Waals surface area contributed by atoms with Gasteiger partial charge in [0.1, 0.15) is 10.0 Å². The summed E-state index contributed by atoms with van der Waals surface area (Å²) in [5.41, 5.74) is 0.253. The van der Waals surface area contributed by atoms with Crippen molar-refractivity contribution in [2.24, 2.45) is 4.40 Å². The molecule has 0 N–H and O–H groups in total. The second kappa shape index (κ2) is 8.19. The van der Waals surface area contributed by atoms with Crippen molar-refractivity contribution >= 4 is 84.5 Å². The molecule has 11 heteroatoms. The summed E-state index contributed by atoms with van der Waals surface area (Å²) < 4.78 is 43.7. The summed E-state index contributed by atoms with van der Waals surface area (Å²) in [5, 5.41) is 0.0318. The number of nitrogens with zero attached hydrogens (tertiary/aromatic N) is 2. The molecule has 5 nitrogen and oxygen atoms in total. The van der Waals surface area contributed by atoms with E-state index in [2.05, 4.69) is 4.40 Å². The van der Waals surface area contributed by atoms with Crippen molar-refractivity contribution in [3.8, 4) is 0 Å². The quantitative estimate of drug-likeness (QED) is 0.400. The van der Waals surface area contributed by atoms with E-state index in [0.29, 0.717) is 7.91 Å². The van der Waals surface area contributed by atoms with Crippen molar-refractivity contribution in [2.75, 3.05) is 6.54 Å². The second-order valence-electron chi connectivity index (χ2n) is 5.21. The highest BCUT2D eigenvalue weighted by molar-refractivity contribution is 14.1. The van der Waals surface area contributed by atoms with E-state index in [-0.39, 0.29) is 26.4 Å². The Morgan fingerprint density at radius 2 is 2.07 bits per heavy atom. The third-order valence-electron chi connectivity index (χ3n) is 3.47. The van der Waals surface area contributed by atoms with Crippen LogP contribution < -0.4 is 0 Å². The van der Waals surface area contributed by atoms with Crippen LogP contribution in [0.15, 0.2) is 43.8 Å². The minimum absolute atomic E-state index is 0.00908. The number of hydrogen-bond acceptors (Lipinski definition) is 5. The van der Waals surface area contributed by atoms with Crippen LogP contribution in [0.3, 0.4) is 0 Å². The SMILES string of the molecule is CCN1C(=O)C(=Cc2cccc(I)c2F)SC1=NS(=O)(=O)c1ccc(Cl)s1. The molecule has 1 fully saturated rings. The number of thiophene rings is 1. The average Bonchev–Trinajstić information content (AvgIpc) is 3.16. The Kier molecular flexibility index (Phi) is 6.31. The molecule has 1 aliphatic heterocycles. The number of likely N-dealkylation sites (N-methyl/N-ethyl adjacent to an activating group) is 1. The van der Waals surface area contributed by atoms with Gasteiger partial charge < -0.3 is 0 Å². The van der Waals surface area contributed by atoms with Gasteiger partial charge in [0, 0.05) is 15.7 Å². The molecule has 1 aromatic heterocycles. The van der Waals surface area contributed by atoms with Crippen LogP contribution in [-0.4, -0.2) is 30.9 Å². The lowest BCUT2D eigenvalue weighted by Gasteiger charge is -2.11. The Labute approximate surface area is 182 Å². The van der Waals surface area contributed by atoms with Gasteiger partial charge in [0.05, 0.1) is 9.24 Å². The number of amidine groups is 1. The lowest BCUT2D eigenvalue weighted by Crippen LogP contribution is -2.29. The number of halogens is 3. The summed E-state index contributed by atoms with van der Waals surface area (Å²) in [7, 11) is -4.00. The molecular formula is C16H11ClFIN2O3S3. The van der Waals surface area contributed by atoms with Gasteiger partial charge in [-0.05, 0) is 65.6 Å². The van der Waals surface area contributed by atoms with Crippen molar-refractivity contribution in [3.05, 3.63) is 54.5 Å². The fourth-order valence-electron chi connectivity index (χ4n) is 2.21. The predicted molar refractivity (Wildman–Crippen MR) is 116 cm³/mol. The predicted octanol–water partition coefficient (Wildman–Crippen LogP) is 4.83. The van der Waals surface area contributed by atoms with E-state index >= 15 is 0 Å². The lowest BCUT2D eigenvalue weighted by atomic mass is 10.2. The Bertz CT molecular complexity index is 1080. The summed E-state index contributed by atoms with van der Waals surface area (Å²) in [6, 6.07) is 7.68. The highest BCUT2D eigenvalue weighted by Crippen LogP contribution is 2.35. The number of hydrogen-bond donors (Lipinski definition) is 0. The molecule has 0 atom stereocenters. The Morgan fingerprint density at radius 1 is 1.33 bits per heavy atom. The zero-order chi connectivity index (χ0) is 19.8. The van der Waals surface area contributed by atoms with Crippen LogP contribution in [0.5, 0.6) is 0 Å². The first-order valence-corrected chi connectivity index (χ1v) is 12.0. The largest absolute Gasteiger partial charge is 0.294 e. The van der Waals surface area contributed by atoms with Gasteiger partial charge in [-0.15, -0.1) is 15.7 Å². The fourth-order valence-corrected chi connectivity index (χ4v) is 6.43. The second-order valence-corrected chi connectivity index (χ2v) is 10.9. The van der Waals surface area contributed by atoms with E-state index in [1.165, 1.54) is 23.1 Å². The number of rotatable bonds is 4. The summed E-state index contributed by atoms with van der Waals surface area (Å²) in [6.07, 6.45) is 1.41. The van der Waals surface area contributed by atoms with E-state index in [4.69, 9.17) is 11.6 Å². The Hall–Kier alpha value is -0.950. The molecule has 0 aliphatic carbocycles. The standard InChI is InChI=1S/C16H11ClFIN2O3S3/c1-2-21-15(22)11(8-9-4-3-5-10(19)14(9)18)25-16(21)20-27(23,24)13-7-6-12(17)26-13/h3-8H,2H2,1H3. The number of amides is 1. The molecule has 3 rings (SSSR count). The normalized spacial score (nSPS) is 18.1.